The quantitative estimate of drug-likeness (QED) is 0.707. The zero-order valence-corrected chi connectivity index (χ0v) is 14.2. The summed E-state index contributed by atoms with van der Waals surface area (Å²) in [7, 11) is 0. The Balaban J connectivity index is 1.54. The van der Waals surface area contributed by atoms with Gasteiger partial charge in [-0.3, -0.25) is 4.90 Å². The molecule has 1 atom stereocenters. The Morgan fingerprint density at radius 2 is 2.09 bits per heavy atom. The van der Waals surface area contributed by atoms with Crippen LogP contribution in [0.15, 0.2) is 54.2 Å². The van der Waals surface area contributed by atoms with Crippen LogP contribution in [0.1, 0.15) is 35.4 Å². The van der Waals surface area contributed by atoms with Crippen molar-refractivity contribution in [3.05, 3.63) is 70.2 Å². The van der Waals surface area contributed by atoms with Gasteiger partial charge in [0.05, 0.1) is 11.9 Å². The molecule has 118 valence electrons. The summed E-state index contributed by atoms with van der Waals surface area (Å²) in [5, 5.41) is 6.77. The summed E-state index contributed by atoms with van der Waals surface area (Å²) in [5.74, 6) is 0. The molecule has 0 bridgehead atoms. The first kappa shape index (κ1) is 14.7. The lowest BCUT2D eigenvalue weighted by Gasteiger charge is -2.35. The van der Waals surface area contributed by atoms with E-state index < -0.39 is 0 Å². The highest BCUT2D eigenvalue weighted by molar-refractivity contribution is 7.10. The molecule has 4 rings (SSSR count). The number of hydrogen-bond donors (Lipinski definition) is 0. The highest BCUT2D eigenvalue weighted by Crippen LogP contribution is 2.35. The topological polar surface area (TPSA) is 21.1 Å². The fraction of sp³-hybridized carbons (Fsp3) is 0.316. The van der Waals surface area contributed by atoms with Gasteiger partial charge in [0.25, 0.3) is 0 Å². The van der Waals surface area contributed by atoms with Crippen LogP contribution in [-0.2, 0) is 13.0 Å². The van der Waals surface area contributed by atoms with Crippen molar-refractivity contribution in [1.82, 2.24) is 14.7 Å². The minimum atomic E-state index is 0.546. The van der Waals surface area contributed by atoms with Gasteiger partial charge < -0.3 is 0 Å². The van der Waals surface area contributed by atoms with E-state index in [1.165, 1.54) is 12.0 Å². The Bertz CT molecular complexity index is 775. The normalized spacial score (nSPS) is 18.0. The molecule has 23 heavy (non-hydrogen) atoms. The van der Waals surface area contributed by atoms with Crippen LogP contribution >= 0.6 is 11.3 Å². The molecule has 3 nitrogen and oxygen atoms in total. The molecule has 1 aromatic carbocycles. The molecule has 3 aromatic rings. The Morgan fingerprint density at radius 3 is 2.91 bits per heavy atom. The van der Waals surface area contributed by atoms with Crippen LogP contribution in [0.3, 0.4) is 0 Å². The third-order valence-corrected chi connectivity index (χ3v) is 5.63. The second-order valence-electron chi connectivity index (χ2n) is 6.07. The average Bonchev–Trinajstić information content (AvgIpc) is 3.24. The maximum atomic E-state index is 4.53. The van der Waals surface area contributed by atoms with Gasteiger partial charge in [-0.1, -0.05) is 25.1 Å². The van der Waals surface area contributed by atoms with Crippen molar-refractivity contribution in [1.29, 1.82) is 0 Å². The van der Waals surface area contributed by atoms with Gasteiger partial charge in [-0.2, -0.15) is 5.10 Å². The third kappa shape index (κ3) is 2.84. The fourth-order valence-corrected chi connectivity index (χ4v) is 4.44. The molecule has 0 saturated carbocycles. The van der Waals surface area contributed by atoms with E-state index in [0.29, 0.717) is 6.04 Å². The highest BCUT2D eigenvalue weighted by Gasteiger charge is 2.27. The minimum Gasteiger partial charge on any atom is -0.292 e. The van der Waals surface area contributed by atoms with Crippen molar-refractivity contribution in [2.24, 2.45) is 0 Å². The Kier molecular flexibility index (Phi) is 4.02. The van der Waals surface area contributed by atoms with Crippen molar-refractivity contribution in [3.8, 4) is 5.69 Å². The summed E-state index contributed by atoms with van der Waals surface area (Å²) < 4.78 is 1.97. The fourth-order valence-electron chi connectivity index (χ4n) is 3.51. The number of hydrogen-bond acceptors (Lipinski definition) is 3. The van der Waals surface area contributed by atoms with Gasteiger partial charge in [0.1, 0.15) is 0 Å². The van der Waals surface area contributed by atoms with Crippen molar-refractivity contribution < 1.29 is 0 Å². The van der Waals surface area contributed by atoms with Crippen LogP contribution in [0, 0.1) is 0 Å². The van der Waals surface area contributed by atoms with E-state index in [1.807, 2.05) is 40.4 Å². The van der Waals surface area contributed by atoms with E-state index in [2.05, 4.69) is 46.7 Å². The van der Waals surface area contributed by atoms with Crippen LogP contribution in [0.2, 0.25) is 0 Å². The van der Waals surface area contributed by atoms with Crippen LogP contribution in [0.4, 0.5) is 0 Å². The van der Waals surface area contributed by atoms with Crippen molar-refractivity contribution in [2.45, 2.75) is 32.4 Å². The molecule has 1 aliphatic heterocycles. The van der Waals surface area contributed by atoms with E-state index in [9.17, 15) is 0 Å². The largest absolute Gasteiger partial charge is 0.292 e. The smallest absolute Gasteiger partial charge is 0.0645 e. The molecule has 0 saturated heterocycles. The number of para-hydroxylation sites is 1. The second kappa shape index (κ2) is 6.30. The van der Waals surface area contributed by atoms with Crippen molar-refractivity contribution in [3.63, 3.8) is 0 Å². The second-order valence-corrected chi connectivity index (χ2v) is 7.07. The number of nitrogens with zero attached hydrogens (tertiary/aromatic N) is 3. The standard InChI is InChI=1S/C19H21N3S/c1-2-18-17-9-11-23-19(17)8-10-21(18)13-15-12-20-22(14-15)16-6-4-3-5-7-16/h3-7,9,11-12,14,18H,2,8,10,13H2,1H3. The number of rotatable bonds is 4. The van der Waals surface area contributed by atoms with Crippen LogP contribution in [0.25, 0.3) is 5.69 Å². The molecule has 0 N–H and O–H groups in total. The molecule has 2 aromatic heterocycles. The molecule has 3 heterocycles. The monoisotopic (exact) mass is 323 g/mol. The third-order valence-electron chi connectivity index (χ3n) is 4.63. The zero-order chi connectivity index (χ0) is 15.6. The first-order valence-corrected chi connectivity index (χ1v) is 9.12. The average molecular weight is 323 g/mol. The number of fused-ring (bicyclic) bond motifs is 1. The molecule has 0 fully saturated rings. The van der Waals surface area contributed by atoms with Gasteiger partial charge in [0.2, 0.25) is 0 Å². The zero-order valence-electron chi connectivity index (χ0n) is 13.4. The Hall–Kier alpha value is -1.91. The van der Waals surface area contributed by atoms with Crippen LogP contribution in [0.5, 0.6) is 0 Å². The molecule has 0 aliphatic carbocycles. The molecule has 0 amide bonds. The van der Waals surface area contributed by atoms with Gasteiger partial charge in [-0.15, -0.1) is 11.3 Å². The molecule has 0 radical (unpaired) electrons. The Labute approximate surface area is 141 Å². The number of benzene rings is 1. The SMILES string of the molecule is CCC1c2ccsc2CCN1Cc1cnn(-c2ccccc2)c1. The lowest BCUT2D eigenvalue weighted by atomic mass is 9.97. The van der Waals surface area contributed by atoms with Gasteiger partial charge in [-0.05, 0) is 42.0 Å². The summed E-state index contributed by atoms with van der Waals surface area (Å²) in [6, 6.07) is 13.2. The predicted molar refractivity (Wildman–Crippen MR) is 95.0 cm³/mol. The van der Waals surface area contributed by atoms with E-state index in [1.54, 1.807) is 10.4 Å². The molecular formula is C19H21N3S. The van der Waals surface area contributed by atoms with E-state index >= 15 is 0 Å². The van der Waals surface area contributed by atoms with Gasteiger partial charge >= 0.3 is 0 Å². The first-order valence-electron chi connectivity index (χ1n) is 8.24. The van der Waals surface area contributed by atoms with E-state index in [0.717, 1.165) is 25.2 Å². The minimum absolute atomic E-state index is 0.546. The molecule has 0 spiro atoms. The van der Waals surface area contributed by atoms with Crippen molar-refractivity contribution in [2.75, 3.05) is 6.54 Å². The molecule has 4 heteroatoms. The van der Waals surface area contributed by atoms with Crippen LogP contribution < -0.4 is 0 Å². The number of aromatic nitrogens is 2. The van der Waals surface area contributed by atoms with E-state index in [4.69, 9.17) is 0 Å². The van der Waals surface area contributed by atoms with Gasteiger partial charge in [0.15, 0.2) is 0 Å². The number of thiophene rings is 1. The van der Waals surface area contributed by atoms with Crippen LogP contribution in [-0.4, -0.2) is 21.2 Å². The molecular weight excluding hydrogens is 302 g/mol. The van der Waals surface area contributed by atoms with E-state index in [-0.39, 0.29) is 0 Å². The summed E-state index contributed by atoms with van der Waals surface area (Å²) in [6.45, 7) is 4.40. The maximum Gasteiger partial charge on any atom is 0.0645 e. The first-order chi connectivity index (χ1) is 11.3. The molecule has 1 aliphatic rings. The lowest BCUT2D eigenvalue weighted by molar-refractivity contribution is 0.173. The highest BCUT2D eigenvalue weighted by atomic mass is 32.1. The summed E-state index contributed by atoms with van der Waals surface area (Å²) in [5.41, 5.74) is 3.94. The lowest BCUT2D eigenvalue weighted by Crippen LogP contribution is -2.33. The van der Waals surface area contributed by atoms with Crippen molar-refractivity contribution >= 4 is 11.3 Å². The summed E-state index contributed by atoms with van der Waals surface area (Å²) in [4.78, 5) is 4.18. The predicted octanol–water partition coefficient (Wildman–Crippen LogP) is 4.44. The summed E-state index contributed by atoms with van der Waals surface area (Å²) >= 11 is 1.91. The van der Waals surface area contributed by atoms with Gasteiger partial charge in [0, 0.05) is 35.8 Å². The Morgan fingerprint density at radius 1 is 1.22 bits per heavy atom. The summed E-state index contributed by atoms with van der Waals surface area (Å²) in [6.07, 6.45) is 6.50. The maximum absolute atomic E-state index is 4.53. The molecule has 1 unspecified atom stereocenters. The van der Waals surface area contributed by atoms with Gasteiger partial charge in [-0.25, -0.2) is 4.68 Å².